The van der Waals surface area contributed by atoms with Crippen LogP contribution in [0.3, 0.4) is 0 Å². The van der Waals surface area contributed by atoms with Gasteiger partial charge in [-0.15, -0.1) is 11.3 Å². The van der Waals surface area contributed by atoms with E-state index in [9.17, 15) is 9.90 Å². The van der Waals surface area contributed by atoms with Gasteiger partial charge >= 0.3 is 0 Å². The first-order valence-electron chi connectivity index (χ1n) is 7.62. The molecule has 5 heteroatoms. The number of anilines is 1. The molecule has 1 aliphatic heterocycles. The maximum atomic E-state index is 12.6. The van der Waals surface area contributed by atoms with Crippen molar-refractivity contribution in [2.75, 3.05) is 5.32 Å². The number of nitrogens with one attached hydrogen (secondary N) is 2. The first-order chi connectivity index (χ1) is 10.6. The van der Waals surface area contributed by atoms with Gasteiger partial charge in [0.15, 0.2) is 0 Å². The van der Waals surface area contributed by atoms with Crippen LogP contribution in [0.15, 0.2) is 24.3 Å². The highest BCUT2D eigenvalue weighted by Crippen LogP contribution is 2.42. The first-order valence-corrected chi connectivity index (χ1v) is 8.44. The van der Waals surface area contributed by atoms with Crippen molar-refractivity contribution in [2.24, 2.45) is 5.92 Å². The second-order valence-electron chi connectivity index (χ2n) is 6.20. The van der Waals surface area contributed by atoms with Gasteiger partial charge in [0.05, 0.1) is 5.56 Å². The van der Waals surface area contributed by atoms with Crippen LogP contribution in [0.25, 0.3) is 0 Å². The topological polar surface area (TPSA) is 61.4 Å². The summed E-state index contributed by atoms with van der Waals surface area (Å²) in [5.74, 6) is 0.939. The van der Waals surface area contributed by atoms with Gasteiger partial charge in [0, 0.05) is 4.88 Å². The molecule has 1 aromatic heterocycles. The zero-order chi connectivity index (χ0) is 15.3. The Kier molecular flexibility index (Phi) is 3.11. The van der Waals surface area contributed by atoms with E-state index in [2.05, 4.69) is 17.6 Å². The van der Waals surface area contributed by atoms with E-state index in [0.29, 0.717) is 5.92 Å². The number of phenols is 1. The van der Waals surface area contributed by atoms with Crippen LogP contribution in [0.4, 0.5) is 5.00 Å². The summed E-state index contributed by atoms with van der Waals surface area (Å²) in [6.07, 6.45) is 3.00. The molecule has 2 heterocycles. The van der Waals surface area contributed by atoms with Gasteiger partial charge in [-0.3, -0.25) is 4.79 Å². The lowest BCUT2D eigenvalue weighted by Crippen LogP contribution is -2.38. The smallest absolute Gasteiger partial charge is 0.256 e. The number of rotatable bonds is 1. The molecule has 22 heavy (non-hydrogen) atoms. The Labute approximate surface area is 133 Å². The van der Waals surface area contributed by atoms with Gasteiger partial charge in [0.2, 0.25) is 0 Å². The lowest BCUT2D eigenvalue weighted by molar-refractivity contribution is 0.0935. The summed E-state index contributed by atoms with van der Waals surface area (Å²) < 4.78 is 0. The van der Waals surface area contributed by atoms with Gasteiger partial charge in [-0.05, 0) is 48.4 Å². The van der Waals surface area contributed by atoms with E-state index in [1.165, 1.54) is 10.4 Å². The van der Waals surface area contributed by atoms with Crippen molar-refractivity contribution < 1.29 is 9.90 Å². The number of thiophene rings is 1. The molecule has 1 aromatic carbocycles. The number of aromatic hydroxyl groups is 1. The highest BCUT2D eigenvalue weighted by atomic mass is 32.1. The standard InChI is InChI=1S/C17H18N2O2S/c1-9-2-7-12-13(8-9)22-17-14(12)16(21)18-15(19-17)10-3-5-11(20)6-4-10/h3-6,9,15,19-20H,2,7-8H2,1H3,(H,18,21)/t9-,15-/m1/s1. The quantitative estimate of drug-likeness (QED) is 0.756. The van der Waals surface area contributed by atoms with Crippen molar-refractivity contribution in [3.8, 4) is 5.75 Å². The first kappa shape index (κ1) is 13.6. The van der Waals surface area contributed by atoms with Crippen molar-refractivity contribution >= 4 is 22.2 Å². The van der Waals surface area contributed by atoms with Crippen LogP contribution in [0.1, 0.15) is 45.9 Å². The third-order valence-corrected chi connectivity index (χ3v) is 5.70. The number of fused-ring (bicyclic) bond motifs is 3. The molecule has 2 aromatic rings. The maximum absolute atomic E-state index is 12.6. The minimum Gasteiger partial charge on any atom is -0.508 e. The SMILES string of the molecule is C[C@@H]1CCc2c(sc3c2C(=O)N[C@@H](c2ccc(O)cc2)N3)C1. The predicted molar refractivity (Wildman–Crippen MR) is 87.4 cm³/mol. The fraction of sp³-hybridized carbons (Fsp3) is 0.353. The van der Waals surface area contributed by atoms with Crippen molar-refractivity contribution in [1.82, 2.24) is 5.32 Å². The number of phenolic OH excluding ortho intramolecular Hbond substituents is 1. The van der Waals surface area contributed by atoms with Crippen LogP contribution in [0.5, 0.6) is 5.75 Å². The van der Waals surface area contributed by atoms with Crippen molar-refractivity contribution in [2.45, 2.75) is 32.4 Å². The van der Waals surface area contributed by atoms with Gasteiger partial charge in [-0.25, -0.2) is 0 Å². The van der Waals surface area contributed by atoms with Crippen molar-refractivity contribution in [1.29, 1.82) is 0 Å². The lowest BCUT2D eigenvalue weighted by Gasteiger charge is -2.27. The molecule has 0 unspecified atom stereocenters. The van der Waals surface area contributed by atoms with Crippen molar-refractivity contribution in [3.05, 3.63) is 45.8 Å². The Morgan fingerprint density at radius 1 is 1.23 bits per heavy atom. The van der Waals surface area contributed by atoms with Gasteiger partial charge in [-0.1, -0.05) is 19.1 Å². The van der Waals surface area contributed by atoms with Crippen LogP contribution in [0.2, 0.25) is 0 Å². The molecule has 0 radical (unpaired) electrons. The molecule has 1 aliphatic carbocycles. The summed E-state index contributed by atoms with van der Waals surface area (Å²) >= 11 is 1.73. The zero-order valence-electron chi connectivity index (χ0n) is 12.3. The van der Waals surface area contributed by atoms with Gasteiger partial charge < -0.3 is 15.7 Å². The maximum Gasteiger partial charge on any atom is 0.256 e. The molecule has 0 spiro atoms. The molecule has 2 atom stereocenters. The fourth-order valence-electron chi connectivity index (χ4n) is 3.30. The van der Waals surface area contributed by atoms with E-state index in [1.54, 1.807) is 23.5 Å². The summed E-state index contributed by atoms with van der Waals surface area (Å²) in [4.78, 5) is 13.9. The average Bonchev–Trinajstić information content (AvgIpc) is 2.85. The average molecular weight is 314 g/mol. The minimum absolute atomic E-state index is 0.0129. The molecule has 4 rings (SSSR count). The second-order valence-corrected chi connectivity index (χ2v) is 7.30. The molecule has 0 bridgehead atoms. The molecule has 1 amide bonds. The zero-order valence-corrected chi connectivity index (χ0v) is 13.2. The van der Waals surface area contributed by atoms with E-state index < -0.39 is 0 Å². The third-order valence-electron chi connectivity index (χ3n) is 4.52. The van der Waals surface area contributed by atoms with E-state index >= 15 is 0 Å². The summed E-state index contributed by atoms with van der Waals surface area (Å²) in [6.45, 7) is 2.27. The number of benzene rings is 1. The number of carbonyl (C=O) groups excluding carboxylic acids is 1. The van der Waals surface area contributed by atoms with Crippen LogP contribution in [-0.4, -0.2) is 11.0 Å². The fourth-order valence-corrected chi connectivity index (χ4v) is 4.73. The number of hydrogen-bond donors (Lipinski definition) is 3. The molecule has 0 saturated carbocycles. The molecule has 0 fully saturated rings. The highest BCUT2D eigenvalue weighted by molar-refractivity contribution is 7.16. The van der Waals surface area contributed by atoms with Crippen LogP contribution < -0.4 is 10.6 Å². The van der Waals surface area contributed by atoms with E-state index in [0.717, 1.165) is 35.4 Å². The number of amides is 1. The van der Waals surface area contributed by atoms with E-state index in [-0.39, 0.29) is 17.8 Å². The molecule has 114 valence electrons. The molecule has 3 N–H and O–H groups in total. The molecule has 2 aliphatic rings. The summed E-state index contributed by atoms with van der Waals surface area (Å²) in [6, 6.07) is 6.93. The van der Waals surface area contributed by atoms with Crippen LogP contribution in [-0.2, 0) is 12.8 Å². The third kappa shape index (κ3) is 2.16. The monoisotopic (exact) mass is 314 g/mol. The largest absolute Gasteiger partial charge is 0.508 e. The van der Waals surface area contributed by atoms with Crippen LogP contribution in [0, 0.1) is 5.92 Å². The normalized spacial score (nSPS) is 23.2. The molecular weight excluding hydrogens is 296 g/mol. The highest BCUT2D eigenvalue weighted by Gasteiger charge is 2.32. The Morgan fingerprint density at radius 3 is 2.77 bits per heavy atom. The summed E-state index contributed by atoms with van der Waals surface area (Å²) in [7, 11) is 0. The Balaban J connectivity index is 1.69. The summed E-state index contributed by atoms with van der Waals surface area (Å²) in [5.41, 5.74) is 3.03. The Morgan fingerprint density at radius 2 is 2.00 bits per heavy atom. The second kappa shape index (κ2) is 5.02. The molecular formula is C17H18N2O2S. The van der Waals surface area contributed by atoms with Gasteiger partial charge in [0.25, 0.3) is 5.91 Å². The van der Waals surface area contributed by atoms with Crippen molar-refractivity contribution in [3.63, 3.8) is 0 Å². The Hall–Kier alpha value is -2.01. The number of carbonyl (C=O) groups is 1. The van der Waals surface area contributed by atoms with E-state index in [4.69, 9.17) is 0 Å². The summed E-state index contributed by atoms with van der Waals surface area (Å²) in [5, 5.41) is 16.9. The molecule has 4 nitrogen and oxygen atoms in total. The van der Waals surface area contributed by atoms with Gasteiger partial charge in [-0.2, -0.15) is 0 Å². The lowest BCUT2D eigenvalue weighted by atomic mass is 9.88. The van der Waals surface area contributed by atoms with Crippen LogP contribution >= 0.6 is 11.3 Å². The predicted octanol–water partition coefficient (Wildman–Crippen LogP) is 3.43. The van der Waals surface area contributed by atoms with E-state index in [1.807, 2.05) is 12.1 Å². The number of hydrogen-bond acceptors (Lipinski definition) is 4. The minimum atomic E-state index is -0.238. The van der Waals surface area contributed by atoms with Gasteiger partial charge in [0.1, 0.15) is 16.9 Å². The Bertz CT molecular complexity index is 736. The molecule has 0 saturated heterocycles.